The van der Waals surface area contributed by atoms with E-state index in [1.54, 1.807) is 0 Å². The van der Waals surface area contributed by atoms with Crippen LogP contribution in [0.3, 0.4) is 0 Å². The molecular weight excluding hydrogens is 568 g/mol. The smallest absolute Gasteiger partial charge is 0.326 e. The fourth-order valence-corrected chi connectivity index (χ4v) is 5.93. The summed E-state index contributed by atoms with van der Waals surface area (Å²) in [6, 6.07) is -7.26. The minimum absolute atomic E-state index is 0.131. The van der Waals surface area contributed by atoms with E-state index in [-0.39, 0.29) is 32.5 Å². The number of carboxylic acid groups (broad SMARTS) is 1. The number of nitrogens with one attached hydrogen (secondary N) is 2. The van der Waals surface area contributed by atoms with Crippen LogP contribution < -0.4 is 16.4 Å². The van der Waals surface area contributed by atoms with Crippen molar-refractivity contribution in [3.8, 4) is 0 Å². The van der Waals surface area contributed by atoms with Gasteiger partial charge in [0.05, 0.1) is 18.3 Å². The normalized spacial score (nSPS) is 26.3. The SMILES string of the molecule is C[C@@H](O)[C@H](N)C(=O)N1CCC[C@H]1C(=O)N1CCC[C@H]1C(=O)N[C@H](C(=O)N[C@H](C(=O)N1CCC[C@H]1C(=O)O)[C@@H](C)O)[C@@H](C)O. The molecule has 242 valence electrons. The van der Waals surface area contributed by atoms with E-state index in [4.69, 9.17) is 5.73 Å². The van der Waals surface area contributed by atoms with Crippen LogP contribution in [0, 0.1) is 0 Å². The van der Waals surface area contributed by atoms with Crippen molar-refractivity contribution in [1.82, 2.24) is 25.3 Å². The van der Waals surface area contributed by atoms with Crippen LogP contribution in [0.1, 0.15) is 59.3 Å². The average Bonchev–Trinajstić information content (AvgIpc) is 3.72. The number of aliphatic carboxylic acids is 1. The zero-order valence-electron chi connectivity index (χ0n) is 24.7. The number of rotatable bonds is 11. The van der Waals surface area contributed by atoms with Gasteiger partial charge in [-0.15, -0.1) is 0 Å². The molecule has 0 aliphatic carbocycles. The van der Waals surface area contributed by atoms with E-state index in [1.807, 2.05) is 0 Å². The van der Waals surface area contributed by atoms with Crippen LogP contribution in [0.25, 0.3) is 0 Å². The highest BCUT2D eigenvalue weighted by atomic mass is 16.4. The lowest BCUT2D eigenvalue weighted by molar-refractivity contribution is -0.151. The lowest BCUT2D eigenvalue weighted by atomic mass is 10.1. The highest BCUT2D eigenvalue weighted by molar-refractivity contribution is 5.97. The molecule has 8 N–H and O–H groups in total. The molecule has 0 spiro atoms. The Bertz CT molecular complexity index is 1080. The number of carboxylic acids is 1. The molecule has 3 saturated heterocycles. The molecule has 3 aliphatic heterocycles. The van der Waals surface area contributed by atoms with E-state index < -0.39 is 90.1 Å². The minimum atomic E-state index is -1.57. The number of likely N-dealkylation sites (tertiary alicyclic amines) is 3. The average molecular weight is 613 g/mol. The fourth-order valence-electron chi connectivity index (χ4n) is 5.93. The van der Waals surface area contributed by atoms with Crippen LogP contribution in [0.4, 0.5) is 0 Å². The molecule has 16 heteroatoms. The number of carbonyl (C=O) groups excluding carboxylic acids is 5. The Morgan fingerprint density at radius 2 is 1.16 bits per heavy atom. The highest BCUT2D eigenvalue weighted by Gasteiger charge is 2.45. The van der Waals surface area contributed by atoms with E-state index in [0.717, 1.165) is 4.90 Å². The number of carbonyl (C=O) groups is 6. The molecule has 0 aromatic carbocycles. The van der Waals surface area contributed by atoms with Crippen LogP contribution in [-0.4, -0.2) is 145 Å². The highest BCUT2D eigenvalue weighted by Crippen LogP contribution is 2.26. The maximum atomic E-state index is 13.5. The molecule has 3 aliphatic rings. The van der Waals surface area contributed by atoms with E-state index in [2.05, 4.69) is 10.6 Å². The van der Waals surface area contributed by atoms with Crippen LogP contribution in [-0.2, 0) is 28.8 Å². The Morgan fingerprint density at radius 3 is 1.67 bits per heavy atom. The summed E-state index contributed by atoms with van der Waals surface area (Å²) in [5, 5.41) is 44.6. The topological polar surface area (TPSA) is 243 Å². The number of hydrogen-bond donors (Lipinski definition) is 7. The van der Waals surface area contributed by atoms with Crippen molar-refractivity contribution in [2.45, 2.75) is 114 Å². The van der Waals surface area contributed by atoms with Gasteiger partial charge in [0, 0.05) is 19.6 Å². The Balaban J connectivity index is 1.70. The van der Waals surface area contributed by atoms with E-state index in [0.29, 0.717) is 25.7 Å². The maximum absolute atomic E-state index is 13.5. The van der Waals surface area contributed by atoms with Crippen molar-refractivity contribution in [1.29, 1.82) is 0 Å². The second kappa shape index (κ2) is 14.4. The summed E-state index contributed by atoms with van der Waals surface area (Å²) < 4.78 is 0. The van der Waals surface area contributed by atoms with E-state index >= 15 is 0 Å². The third kappa shape index (κ3) is 7.60. The largest absolute Gasteiger partial charge is 0.480 e. The number of hydrogen-bond acceptors (Lipinski definition) is 10. The molecule has 43 heavy (non-hydrogen) atoms. The number of aliphatic hydroxyl groups is 3. The van der Waals surface area contributed by atoms with Gasteiger partial charge >= 0.3 is 5.97 Å². The van der Waals surface area contributed by atoms with Crippen molar-refractivity contribution in [2.24, 2.45) is 5.73 Å². The molecule has 3 fully saturated rings. The third-order valence-corrected chi connectivity index (χ3v) is 8.39. The summed E-state index contributed by atoms with van der Waals surface area (Å²) in [5.41, 5.74) is 5.81. The molecule has 5 amide bonds. The van der Waals surface area contributed by atoms with Crippen molar-refractivity contribution in [2.75, 3.05) is 19.6 Å². The molecule has 3 heterocycles. The summed E-state index contributed by atoms with van der Waals surface area (Å²) in [5.74, 6) is -4.75. The van der Waals surface area contributed by atoms with E-state index in [1.165, 1.54) is 30.6 Å². The van der Waals surface area contributed by atoms with Crippen LogP contribution >= 0.6 is 0 Å². The van der Waals surface area contributed by atoms with Crippen molar-refractivity contribution in [3.63, 3.8) is 0 Å². The van der Waals surface area contributed by atoms with Gasteiger partial charge in [0.1, 0.15) is 36.3 Å². The third-order valence-electron chi connectivity index (χ3n) is 8.39. The van der Waals surface area contributed by atoms with Gasteiger partial charge in [-0.1, -0.05) is 0 Å². The van der Waals surface area contributed by atoms with E-state index in [9.17, 15) is 49.2 Å². The molecule has 0 aromatic rings. The van der Waals surface area contributed by atoms with Gasteiger partial charge < -0.3 is 51.5 Å². The minimum Gasteiger partial charge on any atom is -0.480 e. The Morgan fingerprint density at radius 1 is 0.674 bits per heavy atom. The van der Waals surface area contributed by atoms with Gasteiger partial charge in [0.2, 0.25) is 29.5 Å². The Hall–Kier alpha value is -3.34. The van der Waals surface area contributed by atoms with Crippen molar-refractivity contribution < 1.29 is 49.2 Å². The fraction of sp³-hybridized carbons (Fsp3) is 0.778. The first-order valence-electron chi connectivity index (χ1n) is 14.7. The molecule has 0 aromatic heterocycles. The molecule has 9 atom stereocenters. The Kier molecular flexibility index (Phi) is 11.5. The van der Waals surface area contributed by atoms with Crippen LogP contribution in [0.5, 0.6) is 0 Å². The second-order valence-electron chi connectivity index (χ2n) is 11.6. The number of nitrogens with zero attached hydrogens (tertiary/aromatic N) is 3. The summed E-state index contributed by atoms with van der Waals surface area (Å²) in [6.07, 6.45) is -1.68. The quantitative estimate of drug-likeness (QED) is 0.121. The number of amides is 5. The predicted octanol–water partition coefficient (Wildman–Crippen LogP) is -3.52. The van der Waals surface area contributed by atoms with Gasteiger partial charge in [-0.3, -0.25) is 24.0 Å². The van der Waals surface area contributed by atoms with Gasteiger partial charge in [0.25, 0.3) is 0 Å². The zero-order chi connectivity index (χ0) is 32.2. The van der Waals surface area contributed by atoms with Crippen LogP contribution in [0.2, 0.25) is 0 Å². The predicted molar refractivity (Wildman–Crippen MR) is 149 cm³/mol. The number of nitrogens with two attached hydrogens (primary N) is 1. The monoisotopic (exact) mass is 612 g/mol. The number of aliphatic hydroxyl groups excluding tert-OH is 3. The Labute approximate surface area is 249 Å². The standard InChI is InChI=1S/C27H44N6O10/c1-13(34)19(28)25(40)32-11-5-8-17(32)24(39)31-10-4-7-16(31)22(37)29-20(14(2)35)23(38)30-21(15(3)36)26(41)33-12-6-9-18(33)27(42)43/h13-21,34-36H,4-12,28H2,1-3H3,(H,29,37)(H,30,38)(H,42,43)/t13-,14-,15-,16+,17+,18+,19+,20+,21+/m1/s1. The van der Waals surface area contributed by atoms with Gasteiger partial charge in [-0.05, 0) is 59.3 Å². The first-order valence-corrected chi connectivity index (χ1v) is 14.7. The molecular formula is C27H44N6O10. The van der Waals surface area contributed by atoms with Gasteiger partial charge in [-0.25, -0.2) is 4.79 Å². The van der Waals surface area contributed by atoms with Gasteiger partial charge in [-0.2, -0.15) is 0 Å². The molecule has 0 saturated carbocycles. The first-order chi connectivity index (χ1) is 20.2. The molecule has 0 radical (unpaired) electrons. The summed E-state index contributed by atoms with van der Waals surface area (Å²) >= 11 is 0. The lowest BCUT2D eigenvalue weighted by Crippen LogP contribution is -2.62. The molecule has 3 rings (SSSR count). The summed E-state index contributed by atoms with van der Waals surface area (Å²) in [4.78, 5) is 81.3. The van der Waals surface area contributed by atoms with Crippen molar-refractivity contribution in [3.05, 3.63) is 0 Å². The molecule has 0 unspecified atom stereocenters. The molecule has 16 nitrogen and oxygen atoms in total. The first kappa shape index (κ1) is 34.2. The van der Waals surface area contributed by atoms with Crippen LogP contribution in [0.15, 0.2) is 0 Å². The zero-order valence-corrected chi connectivity index (χ0v) is 24.7. The summed E-state index contributed by atoms with van der Waals surface area (Å²) in [7, 11) is 0. The second-order valence-corrected chi connectivity index (χ2v) is 11.6. The molecule has 0 bridgehead atoms. The maximum Gasteiger partial charge on any atom is 0.326 e. The summed E-state index contributed by atoms with van der Waals surface area (Å²) in [6.45, 7) is 4.50. The van der Waals surface area contributed by atoms with Crippen molar-refractivity contribution >= 4 is 35.5 Å². The lowest BCUT2D eigenvalue weighted by Gasteiger charge is -2.33. The van der Waals surface area contributed by atoms with Gasteiger partial charge in [0.15, 0.2) is 0 Å².